The fourth-order valence-electron chi connectivity index (χ4n) is 2.22. The quantitative estimate of drug-likeness (QED) is 0.869. The molecule has 2 rings (SSSR count). The van der Waals surface area contributed by atoms with Gasteiger partial charge in [-0.1, -0.05) is 17.7 Å². The minimum Gasteiger partial charge on any atom is -0.373 e. The van der Waals surface area contributed by atoms with Crippen LogP contribution in [0.2, 0.25) is 0 Å². The van der Waals surface area contributed by atoms with Crippen LogP contribution in [0.3, 0.4) is 0 Å². The van der Waals surface area contributed by atoms with Crippen LogP contribution in [-0.4, -0.2) is 50.2 Å². The van der Waals surface area contributed by atoms with Gasteiger partial charge in [-0.2, -0.15) is 0 Å². The summed E-state index contributed by atoms with van der Waals surface area (Å²) >= 11 is 0. The van der Waals surface area contributed by atoms with Gasteiger partial charge < -0.3 is 15.0 Å². The molecule has 1 N–H and O–H groups in total. The molecule has 1 saturated heterocycles. The average molecular weight is 248 g/mol. The Bertz CT molecular complexity index is 418. The lowest BCUT2D eigenvalue weighted by Gasteiger charge is -2.33. The lowest BCUT2D eigenvalue weighted by atomic mass is 10.1. The van der Waals surface area contributed by atoms with Crippen molar-refractivity contribution in [3.63, 3.8) is 0 Å². The van der Waals surface area contributed by atoms with Crippen LogP contribution >= 0.6 is 0 Å². The molecular weight excluding hydrogens is 228 g/mol. The Balaban J connectivity index is 2.04. The molecule has 1 fully saturated rings. The summed E-state index contributed by atoms with van der Waals surface area (Å²) in [5.74, 6) is 0.100. The maximum Gasteiger partial charge on any atom is 0.254 e. The maximum atomic E-state index is 12.4. The number of carbonyl (C=O) groups is 1. The monoisotopic (exact) mass is 248 g/mol. The Morgan fingerprint density at radius 3 is 3.11 bits per heavy atom. The number of hydrogen-bond acceptors (Lipinski definition) is 3. The molecule has 0 radical (unpaired) electrons. The standard InChI is InChI=1S/C14H20N2O2/c1-11-4-3-5-12(8-11)14(17)16-6-7-18-13(10-16)9-15-2/h3-5,8,13,15H,6-7,9-10H2,1-2H3. The lowest BCUT2D eigenvalue weighted by Crippen LogP contribution is -2.48. The molecular formula is C14H20N2O2. The topological polar surface area (TPSA) is 41.6 Å². The number of nitrogens with zero attached hydrogens (tertiary/aromatic N) is 1. The number of benzene rings is 1. The van der Waals surface area contributed by atoms with Gasteiger partial charge in [-0.05, 0) is 26.1 Å². The third-order valence-electron chi connectivity index (χ3n) is 3.12. The highest BCUT2D eigenvalue weighted by Gasteiger charge is 2.24. The van der Waals surface area contributed by atoms with E-state index in [-0.39, 0.29) is 12.0 Å². The summed E-state index contributed by atoms with van der Waals surface area (Å²) in [5, 5.41) is 3.08. The van der Waals surface area contributed by atoms with E-state index in [9.17, 15) is 4.79 Å². The van der Waals surface area contributed by atoms with Gasteiger partial charge in [-0.3, -0.25) is 4.79 Å². The Kier molecular flexibility index (Phi) is 4.33. The highest BCUT2D eigenvalue weighted by molar-refractivity contribution is 5.94. The van der Waals surface area contributed by atoms with E-state index in [4.69, 9.17) is 4.74 Å². The number of likely N-dealkylation sites (N-methyl/N-ethyl adjacent to an activating group) is 1. The second-order valence-electron chi connectivity index (χ2n) is 4.67. The molecule has 98 valence electrons. The van der Waals surface area contributed by atoms with E-state index in [0.29, 0.717) is 19.7 Å². The van der Waals surface area contributed by atoms with E-state index in [1.54, 1.807) is 0 Å². The van der Waals surface area contributed by atoms with Crippen molar-refractivity contribution in [2.24, 2.45) is 0 Å². The van der Waals surface area contributed by atoms with Gasteiger partial charge in [0, 0.05) is 25.2 Å². The summed E-state index contributed by atoms with van der Waals surface area (Å²) < 4.78 is 5.60. The van der Waals surface area contributed by atoms with Crippen LogP contribution < -0.4 is 5.32 Å². The van der Waals surface area contributed by atoms with E-state index in [0.717, 1.165) is 17.7 Å². The van der Waals surface area contributed by atoms with Crippen LogP contribution in [0.1, 0.15) is 15.9 Å². The lowest BCUT2D eigenvalue weighted by molar-refractivity contribution is -0.0196. The third kappa shape index (κ3) is 3.09. The van der Waals surface area contributed by atoms with E-state index in [1.807, 2.05) is 43.1 Å². The first-order valence-corrected chi connectivity index (χ1v) is 6.33. The van der Waals surface area contributed by atoms with Crippen LogP contribution in [0.25, 0.3) is 0 Å². The number of aryl methyl sites for hydroxylation is 1. The highest BCUT2D eigenvalue weighted by atomic mass is 16.5. The number of ether oxygens (including phenoxy) is 1. The van der Waals surface area contributed by atoms with Crippen molar-refractivity contribution in [3.05, 3.63) is 35.4 Å². The molecule has 1 unspecified atom stereocenters. The molecule has 0 aliphatic carbocycles. The minimum atomic E-state index is 0.0949. The first-order chi connectivity index (χ1) is 8.70. The molecule has 0 bridgehead atoms. The molecule has 18 heavy (non-hydrogen) atoms. The highest BCUT2D eigenvalue weighted by Crippen LogP contribution is 2.11. The van der Waals surface area contributed by atoms with Crippen LogP contribution in [0, 0.1) is 6.92 Å². The Hall–Kier alpha value is -1.39. The van der Waals surface area contributed by atoms with Gasteiger partial charge in [-0.25, -0.2) is 0 Å². The number of hydrogen-bond donors (Lipinski definition) is 1. The zero-order chi connectivity index (χ0) is 13.0. The summed E-state index contributed by atoms with van der Waals surface area (Å²) in [4.78, 5) is 14.2. The van der Waals surface area contributed by atoms with E-state index in [2.05, 4.69) is 5.32 Å². The Morgan fingerprint density at radius 1 is 1.56 bits per heavy atom. The van der Waals surface area contributed by atoms with Crippen molar-refractivity contribution >= 4 is 5.91 Å². The largest absolute Gasteiger partial charge is 0.373 e. The molecule has 4 nitrogen and oxygen atoms in total. The summed E-state index contributed by atoms with van der Waals surface area (Å²) in [5.41, 5.74) is 1.88. The van der Waals surface area contributed by atoms with Gasteiger partial charge in [0.25, 0.3) is 5.91 Å². The summed E-state index contributed by atoms with van der Waals surface area (Å²) in [6, 6.07) is 7.73. The van der Waals surface area contributed by atoms with E-state index in [1.165, 1.54) is 0 Å². The molecule has 0 aromatic heterocycles. The first-order valence-electron chi connectivity index (χ1n) is 6.33. The average Bonchev–Trinajstić information content (AvgIpc) is 2.39. The molecule has 0 saturated carbocycles. The van der Waals surface area contributed by atoms with E-state index < -0.39 is 0 Å². The molecule has 1 amide bonds. The van der Waals surface area contributed by atoms with Crippen molar-refractivity contribution in [3.8, 4) is 0 Å². The normalized spacial score (nSPS) is 19.9. The van der Waals surface area contributed by atoms with Crippen LogP contribution in [0.4, 0.5) is 0 Å². The molecule has 1 aliphatic heterocycles. The predicted molar refractivity (Wildman–Crippen MR) is 70.7 cm³/mol. The van der Waals surface area contributed by atoms with Gasteiger partial charge in [0.2, 0.25) is 0 Å². The van der Waals surface area contributed by atoms with Crippen molar-refractivity contribution < 1.29 is 9.53 Å². The zero-order valence-corrected chi connectivity index (χ0v) is 11.0. The van der Waals surface area contributed by atoms with Crippen molar-refractivity contribution in [2.75, 3.05) is 33.3 Å². The number of carbonyl (C=O) groups excluding carboxylic acids is 1. The smallest absolute Gasteiger partial charge is 0.254 e. The second kappa shape index (κ2) is 5.98. The van der Waals surface area contributed by atoms with Gasteiger partial charge in [0.15, 0.2) is 0 Å². The van der Waals surface area contributed by atoms with Gasteiger partial charge in [0.05, 0.1) is 12.7 Å². The summed E-state index contributed by atoms with van der Waals surface area (Å²) in [7, 11) is 1.89. The number of amides is 1. The van der Waals surface area contributed by atoms with Crippen LogP contribution in [-0.2, 0) is 4.74 Å². The second-order valence-corrected chi connectivity index (χ2v) is 4.67. The number of rotatable bonds is 3. The van der Waals surface area contributed by atoms with Crippen molar-refractivity contribution in [1.82, 2.24) is 10.2 Å². The third-order valence-corrected chi connectivity index (χ3v) is 3.12. The molecule has 1 aromatic rings. The maximum absolute atomic E-state index is 12.4. The Morgan fingerprint density at radius 2 is 2.39 bits per heavy atom. The first kappa shape index (κ1) is 13.1. The fraction of sp³-hybridized carbons (Fsp3) is 0.500. The van der Waals surface area contributed by atoms with Crippen LogP contribution in [0.5, 0.6) is 0 Å². The SMILES string of the molecule is CNCC1CN(C(=O)c2cccc(C)c2)CCO1. The summed E-state index contributed by atoms with van der Waals surface area (Å²) in [6.07, 6.45) is 0.0949. The molecule has 1 atom stereocenters. The Labute approximate surface area is 108 Å². The summed E-state index contributed by atoms with van der Waals surface area (Å²) in [6.45, 7) is 4.72. The predicted octanol–water partition coefficient (Wildman–Crippen LogP) is 1.06. The minimum absolute atomic E-state index is 0.0949. The van der Waals surface area contributed by atoms with Crippen LogP contribution in [0.15, 0.2) is 24.3 Å². The zero-order valence-electron chi connectivity index (χ0n) is 11.0. The van der Waals surface area contributed by atoms with Gasteiger partial charge in [-0.15, -0.1) is 0 Å². The van der Waals surface area contributed by atoms with Crippen molar-refractivity contribution in [2.45, 2.75) is 13.0 Å². The van der Waals surface area contributed by atoms with E-state index >= 15 is 0 Å². The van der Waals surface area contributed by atoms with Crippen molar-refractivity contribution in [1.29, 1.82) is 0 Å². The van der Waals surface area contributed by atoms with Gasteiger partial charge >= 0.3 is 0 Å². The van der Waals surface area contributed by atoms with Gasteiger partial charge in [0.1, 0.15) is 0 Å². The fourth-order valence-corrected chi connectivity index (χ4v) is 2.22. The molecule has 1 aliphatic rings. The number of nitrogens with one attached hydrogen (secondary N) is 1. The molecule has 0 spiro atoms. The number of morpholine rings is 1. The molecule has 1 aromatic carbocycles. The molecule has 4 heteroatoms. The molecule has 1 heterocycles.